The van der Waals surface area contributed by atoms with Crippen LogP contribution in [0.1, 0.15) is 18.4 Å². The molecule has 2 saturated heterocycles. The van der Waals surface area contributed by atoms with E-state index in [1.54, 1.807) is 6.20 Å². The molecule has 1 unspecified atom stereocenters. The molecule has 1 aromatic rings. The van der Waals surface area contributed by atoms with Crippen LogP contribution in [0.2, 0.25) is 0 Å². The summed E-state index contributed by atoms with van der Waals surface area (Å²) in [6, 6.07) is 3.97. The van der Waals surface area contributed by atoms with Gasteiger partial charge in [0.05, 0.1) is 11.5 Å². The lowest BCUT2D eigenvalue weighted by atomic mass is 10.0. The van der Waals surface area contributed by atoms with Crippen LogP contribution in [0.25, 0.3) is 0 Å². The standard InChI is InChI=1S/C16H23N3O3S/c1-13-3-2-5-17-16(13)19-8-6-18(7-9-19)15(20)11-14-4-10-23(21,22)12-14/h2-3,5,14H,4,6-12H2,1H3. The van der Waals surface area contributed by atoms with Gasteiger partial charge >= 0.3 is 0 Å². The smallest absolute Gasteiger partial charge is 0.223 e. The molecular weight excluding hydrogens is 314 g/mol. The highest BCUT2D eigenvalue weighted by Crippen LogP contribution is 2.23. The van der Waals surface area contributed by atoms with E-state index in [9.17, 15) is 13.2 Å². The summed E-state index contributed by atoms with van der Waals surface area (Å²) in [5.74, 6) is 1.48. The van der Waals surface area contributed by atoms with Gasteiger partial charge in [-0.2, -0.15) is 0 Å². The van der Waals surface area contributed by atoms with Crippen molar-refractivity contribution in [3.05, 3.63) is 23.9 Å². The van der Waals surface area contributed by atoms with Gasteiger partial charge in [0.1, 0.15) is 5.82 Å². The number of pyridine rings is 1. The zero-order valence-electron chi connectivity index (χ0n) is 13.4. The summed E-state index contributed by atoms with van der Waals surface area (Å²) >= 11 is 0. The number of nitrogens with zero attached hydrogens (tertiary/aromatic N) is 3. The highest BCUT2D eigenvalue weighted by atomic mass is 32.2. The number of amides is 1. The first-order valence-corrected chi connectivity index (χ1v) is 9.91. The maximum absolute atomic E-state index is 12.4. The number of anilines is 1. The molecule has 7 heteroatoms. The van der Waals surface area contributed by atoms with Crippen LogP contribution in [-0.4, -0.2) is 61.9 Å². The van der Waals surface area contributed by atoms with E-state index in [1.807, 2.05) is 24.0 Å². The summed E-state index contributed by atoms with van der Waals surface area (Å²) < 4.78 is 23.0. The van der Waals surface area contributed by atoms with Crippen molar-refractivity contribution in [1.29, 1.82) is 0 Å². The largest absolute Gasteiger partial charge is 0.353 e. The van der Waals surface area contributed by atoms with E-state index < -0.39 is 9.84 Å². The second-order valence-electron chi connectivity index (χ2n) is 6.48. The molecule has 3 rings (SSSR count). The second-order valence-corrected chi connectivity index (χ2v) is 8.71. The molecule has 0 aromatic carbocycles. The van der Waals surface area contributed by atoms with Crippen molar-refractivity contribution in [2.75, 3.05) is 42.6 Å². The number of rotatable bonds is 3. The van der Waals surface area contributed by atoms with E-state index in [-0.39, 0.29) is 23.3 Å². The number of carbonyl (C=O) groups excluding carboxylic acids is 1. The van der Waals surface area contributed by atoms with E-state index in [0.29, 0.717) is 25.9 Å². The van der Waals surface area contributed by atoms with Gasteiger partial charge in [-0.3, -0.25) is 4.79 Å². The number of sulfone groups is 1. The molecule has 126 valence electrons. The molecule has 1 aromatic heterocycles. The third-order valence-corrected chi connectivity index (χ3v) is 6.54. The first-order valence-electron chi connectivity index (χ1n) is 8.09. The first-order chi connectivity index (χ1) is 10.9. The molecule has 0 aliphatic carbocycles. The Hall–Kier alpha value is -1.63. The minimum absolute atomic E-state index is 0.00330. The number of hydrogen-bond acceptors (Lipinski definition) is 5. The van der Waals surface area contributed by atoms with Crippen molar-refractivity contribution in [3.63, 3.8) is 0 Å². The molecule has 0 bridgehead atoms. The van der Waals surface area contributed by atoms with Gasteiger partial charge in [-0.05, 0) is 30.9 Å². The highest BCUT2D eigenvalue weighted by molar-refractivity contribution is 7.91. The molecule has 1 amide bonds. The van der Waals surface area contributed by atoms with Crippen LogP contribution in [0.4, 0.5) is 5.82 Å². The van der Waals surface area contributed by atoms with E-state index >= 15 is 0 Å². The molecule has 23 heavy (non-hydrogen) atoms. The zero-order chi connectivity index (χ0) is 16.4. The van der Waals surface area contributed by atoms with Gasteiger partial charge in [0.15, 0.2) is 9.84 Å². The van der Waals surface area contributed by atoms with E-state index in [0.717, 1.165) is 24.5 Å². The third kappa shape index (κ3) is 3.83. The van der Waals surface area contributed by atoms with Crippen molar-refractivity contribution in [2.45, 2.75) is 19.8 Å². The van der Waals surface area contributed by atoms with Crippen molar-refractivity contribution < 1.29 is 13.2 Å². The molecule has 2 aliphatic rings. The predicted octanol–water partition coefficient (Wildman–Crippen LogP) is 0.863. The van der Waals surface area contributed by atoms with Gasteiger partial charge in [0.2, 0.25) is 5.91 Å². The number of aryl methyl sites for hydroxylation is 1. The molecule has 0 radical (unpaired) electrons. The lowest BCUT2D eigenvalue weighted by Crippen LogP contribution is -2.49. The van der Waals surface area contributed by atoms with Gasteiger partial charge in [-0.25, -0.2) is 13.4 Å². The van der Waals surface area contributed by atoms with Crippen molar-refractivity contribution in [3.8, 4) is 0 Å². The normalized spacial score (nSPS) is 24.0. The Balaban J connectivity index is 1.53. The molecule has 0 saturated carbocycles. The zero-order valence-corrected chi connectivity index (χ0v) is 14.3. The van der Waals surface area contributed by atoms with Crippen LogP contribution in [0, 0.1) is 12.8 Å². The van der Waals surface area contributed by atoms with Crippen LogP contribution in [-0.2, 0) is 14.6 Å². The van der Waals surface area contributed by atoms with Crippen molar-refractivity contribution in [2.24, 2.45) is 5.92 Å². The Morgan fingerprint density at radius 1 is 1.30 bits per heavy atom. The SMILES string of the molecule is Cc1cccnc1N1CCN(C(=O)CC2CCS(=O)(=O)C2)CC1. The Bertz CT molecular complexity index is 682. The van der Waals surface area contributed by atoms with E-state index in [1.165, 1.54) is 0 Å². The maximum atomic E-state index is 12.4. The number of piperazine rings is 1. The molecule has 1 atom stereocenters. The fourth-order valence-corrected chi connectivity index (χ4v) is 5.25. The monoisotopic (exact) mass is 337 g/mol. The Kier molecular flexibility index (Phi) is 4.57. The highest BCUT2D eigenvalue weighted by Gasteiger charge is 2.31. The minimum atomic E-state index is -2.91. The van der Waals surface area contributed by atoms with Crippen LogP contribution in [0.3, 0.4) is 0 Å². The molecule has 0 N–H and O–H groups in total. The molecule has 3 heterocycles. The van der Waals surface area contributed by atoms with Crippen LogP contribution in [0.5, 0.6) is 0 Å². The van der Waals surface area contributed by atoms with E-state index in [2.05, 4.69) is 9.88 Å². The Morgan fingerprint density at radius 2 is 2.04 bits per heavy atom. The van der Waals surface area contributed by atoms with E-state index in [4.69, 9.17) is 0 Å². The van der Waals surface area contributed by atoms with Gasteiger partial charge in [0.25, 0.3) is 0 Å². The summed E-state index contributed by atoms with van der Waals surface area (Å²) in [5.41, 5.74) is 1.14. The lowest BCUT2D eigenvalue weighted by Gasteiger charge is -2.36. The van der Waals surface area contributed by atoms with Crippen molar-refractivity contribution in [1.82, 2.24) is 9.88 Å². The summed E-state index contributed by atoms with van der Waals surface area (Å²) in [4.78, 5) is 20.9. The summed E-state index contributed by atoms with van der Waals surface area (Å²) in [6.45, 7) is 4.93. The maximum Gasteiger partial charge on any atom is 0.223 e. The fourth-order valence-electron chi connectivity index (χ4n) is 3.39. The molecule has 6 nitrogen and oxygen atoms in total. The second kappa shape index (κ2) is 6.47. The van der Waals surface area contributed by atoms with Gasteiger partial charge in [-0.1, -0.05) is 6.07 Å². The summed E-state index contributed by atoms with van der Waals surface area (Å²) in [6.07, 6.45) is 2.78. The van der Waals surface area contributed by atoms with Gasteiger partial charge < -0.3 is 9.80 Å². The fraction of sp³-hybridized carbons (Fsp3) is 0.625. The van der Waals surface area contributed by atoms with Crippen LogP contribution < -0.4 is 4.90 Å². The lowest BCUT2D eigenvalue weighted by molar-refractivity contribution is -0.132. The van der Waals surface area contributed by atoms with Crippen molar-refractivity contribution >= 4 is 21.6 Å². The van der Waals surface area contributed by atoms with Gasteiger partial charge in [-0.15, -0.1) is 0 Å². The molecular formula is C16H23N3O3S. The number of aromatic nitrogens is 1. The summed E-state index contributed by atoms with van der Waals surface area (Å²) in [7, 11) is -2.91. The number of hydrogen-bond donors (Lipinski definition) is 0. The average molecular weight is 337 g/mol. The Morgan fingerprint density at radius 3 is 2.65 bits per heavy atom. The quantitative estimate of drug-likeness (QED) is 0.818. The Labute approximate surface area is 137 Å². The molecule has 0 spiro atoms. The first kappa shape index (κ1) is 16.2. The minimum Gasteiger partial charge on any atom is -0.353 e. The molecule has 2 fully saturated rings. The topological polar surface area (TPSA) is 70.6 Å². The number of carbonyl (C=O) groups is 1. The molecule has 2 aliphatic heterocycles. The summed E-state index contributed by atoms with van der Waals surface area (Å²) in [5, 5.41) is 0. The van der Waals surface area contributed by atoms with Crippen LogP contribution in [0.15, 0.2) is 18.3 Å². The average Bonchev–Trinajstić information content (AvgIpc) is 2.87. The predicted molar refractivity (Wildman–Crippen MR) is 89.1 cm³/mol. The van der Waals surface area contributed by atoms with Crippen LogP contribution >= 0.6 is 0 Å². The van der Waals surface area contributed by atoms with Gasteiger partial charge in [0, 0.05) is 38.8 Å². The third-order valence-electron chi connectivity index (χ3n) is 4.70.